The quantitative estimate of drug-likeness (QED) is 0.648. The molecule has 0 aromatic heterocycles. The number of nitrogens with zero attached hydrogens (tertiary/aromatic N) is 1. The molecule has 120 valence electrons. The van der Waals surface area contributed by atoms with Gasteiger partial charge in [-0.25, -0.2) is 0 Å². The van der Waals surface area contributed by atoms with E-state index in [-0.39, 0.29) is 24.5 Å². The van der Waals surface area contributed by atoms with E-state index in [1.165, 1.54) is 4.90 Å². The molecule has 0 aliphatic carbocycles. The van der Waals surface area contributed by atoms with Gasteiger partial charge in [0, 0.05) is 0 Å². The molecule has 5 heteroatoms. The Hall–Kier alpha value is -2.04. The summed E-state index contributed by atoms with van der Waals surface area (Å²) in [7, 11) is 0. The maximum Gasteiger partial charge on any atom is 0.326 e. The monoisotopic (exact) mass is 304 g/mol. The number of benzene rings is 1. The van der Waals surface area contributed by atoms with Gasteiger partial charge >= 0.3 is 5.97 Å². The van der Waals surface area contributed by atoms with Crippen LogP contribution in [0, 0.1) is 6.92 Å². The fraction of sp³-hybridized carbons (Fsp3) is 0.529. The number of unbranched alkanes of at least 4 members (excludes halogenated alkanes) is 1. The van der Waals surface area contributed by atoms with Crippen LogP contribution in [0.4, 0.5) is 11.4 Å². The Balaban J connectivity index is 2.17. The predicted molar refractivity (Wildman–Crippen MR) is 87.1 cm³/mol. The second-order valence-electron chi connectivity index (χ2n) is 5.62. The van der Waals surface area contributed by atoms with Crippen molar-refractivity contribution in [1.82, 2.24) is 0 Å². The summed E-state index contributed by atoms with van der Waals surface area (Å²) in [6.07, 6.45) is 2.49. The summed E-state index contributed by atoms with van der Waals surface area (Å²) < 4.78 is 5.19. The van der Waals surface area contributed by atoms with Crippen LogP contribution in [0.5, 0.6) is 0 Å². The van der Waals surface area contributed by atoms with E-state index in [1.807, 2.05) is 39.0 Å². The molecule has 1 N–H and O–H groups in total. The van der Waals surface area contributed by atoms with Crippen LogP contribution in [0.1, 0.15) is 38.7 Å². The third-order valence-electron chi connectivity index (χ3n) is 3.79. The molecule has 22 heavy (non-hydrogen) atoms. The summed E-state index contributed by atoms with van der Waals surface area (Å²) in [5.41, 5.74) is 2.75. The highest BCUT2D eigenvalue weighted by atomic mass is 16.5. The van der Waals surface area contributed by atoms with Gasteiger partial charge in [-0.15, -0.1) is 0 Å². The second kappa shape index (κ2) is 7.29. The molecule has 0 saturated heterocycles. The van der Waals surface area contributed by atoms with Gasteiger partial charge in [0.2, 0.25) is 5.91 Å². The molecule has 0 saturated carbocycles. The number of rotatable bonds is 6. The van der Waals surface area contributed by atoms with E-state index in [2.05, 4.69) is 5.32 Å². The molecule has 5 nitrogen and oxygen atoms in total. The lowest BCUT2D eigenvalue weighted by Crippen LogP contribution is -2.49. The number of aryl methyl sites for hydroxylation is 1. The van der Waals surface area contributed by atoms with Crippen LogP contribution in [-0.2, 0) is 14.3 Å². The number of amides is 1. The highest BCUT2D eigenvalue weighted by Crippen LogP contribution is 2.32. The molecule has 1 aromatic rings. The van der Waals surface area contributed by atoms with E-state index in [9.17, 15) is 9.59 Å². The highest BCUT2D eigenvalue weighted by Gasteiger charge is 2.32. The molecule has 0 bridgehead atoms. The van der Waals surface area contributed by atoms with Crippen molar-refractivity contribution < 1.29 is 14.3 Å². The van der Waals surface area contributed by atoms with E-state index in [0.717, 1.165) is 29.8 Å². The van der Waals surface area contributed by atoms with Gasteiger partial charge < -0.3 is 10.1 Å². The van der Waals surface area contributed by atoms with Gasteiger partial charge in [0.05, 0.1) is 18.0 Å². The molecule has 1 aliphatic heterocycles. The van der Waals surface area contributed by atoms with Crippen molar-refractivity contribution in [3.8, 4) is 0 Å². The zero-order valence-corrected chi connectivity index (χ0v) is 13.5. The van der Waals surface area contributed by atoms with Crippen LogP contribution in [0.3, 0.4) is 0 Å². The second-order valence-corrected chi connectivity index (χ2v) is 5.62. The molecule has 1 aromatic carbocycles. The van der Waals surface area contributed by atoms with Gasteiger partial charge in [0.15, 0.2) is 0 Å². The minimum atomic E-state index is -0.356. The normalized spacial score (nSPS) is 17.0. The van der Waals surface area contributed by atoms with Crippen LogP contribution < -0.4 is 10.2 Å². The third kappa shape index (κ3) is 3.59. The Morgan fingerprint density at radius 3 is 2.82 bits per heavy atom. The van der Waals surface area contributed by atoms with Gasteiger partial charge in [0.25, 0.3) is 0 Å². The zero-order valence-electron chi connectivity index (χ0n) is 13.5. The summed E-state index contributed by atoms with van der Waals surface area (Å²) in [6, 6.07) is 5.52. The SMILES string of the molecule is CCCCOC(=O)CN1C(=O)C(CC)Nc2cc(C)ccc21. The molecule has 1 atom stereocenters. The number of carbonyl (C=O) groups excluding carboxylic acids is 2. The Bertz CT molecular complexity index is 557. The molecule has 1 amide bonds. The van der Waals surface area contributed by atoms with Crippen LogP contribution in [0.2, 0.25) is 0 Å². The number of carbonyl (C=O) groups is 2. The number of fused-ring (bicyclic) bond motifs is 1. The molecule has 0 spiro atoms. The minimum absolute atomic E-state index is 0.0310. The maximum atomic E-state index is 12.5. The number of anilines is 2. The average Bonchev–Trinajstić information content (AvgIpc) is 2.50. The van der Waals surface area contributed by atoms with E-state index < -0.39 is 0 Å². The molecule has 0 fully saturated rings. The Kier molecular flexibility index (Phi) is 5.41. The van der Waals surface area contributed by atoms with E-state index in [1.54, 1.807) is 0 Å². The zero-order chi connectivity index (χ0) is 16.1. The first-order chi connectivity index (χ1) is 10.6. The average molecular weight is 304 g/mol. The van der Waals surface area contributed by atoms with Crippen molar-refractivity contribution in [3.05, 3.63) is 23.8 Å². The maximum absolute atomic E-state index is 12.5. The topological polar surface area (TPSA) is 58.6 Å². The van der Waals surface area contributed by atoms with Gasteiger partial charge in [0.1, 0.15) is 12.6 Å². The van der Waals surface area contributed by atoms with E-state index in [4.69, 9.17) is 4.74 Å². The summed E-state index contributed by atoms with van der Waals surface area (Å²) >= 11 is 0. The fourth-order valence-electron chi connectivity index (χ4n) is 2.50. The first-order valence-electron chi connectivity index (χ1n) is 7.91. The molecular formula is C17H24N2O3. The summed E-state index contributed by atoms with van der Waals surface area (Å²) in [5.74, 6) is -0.434. The van der Waals surface area contributed by atoms with Crippen molar-refractivity contribution in [3.63, 3.8) is 0 Å². The molecule has 1 heterocycles. The lowest BCUT2D eigenvalue weighted by Gasteiger charge is -2.34. The smallest absolute Gasteiger partial charge is 0.326 e. The number of hydrogen-bond acceptors (Lipinski definition) is 4. The largest absolute Gasteiger partial charge is 0.464 e. The molecular weight excluding hydrogens is 280 g/mol. The number of nitrogens with one attached hydrogen (secondary N) is 1. The number of esters is 1. The Morgan fingerprint density at radius 1 is 1.36 bits per heavy atom. The number of hydrogen-bond donors (Lipinski definition) is 1. The van der Waals surface area contributed by atoms with Crippen LogP contribution >= 0.6 is 0 Å². The van der Waals surface area contributed by atoms with Gasteiger partial charge in [-0.05, 0) is 37.5 Å². The summed E-state index contributed by atoms with van der Waals surface area (Å²) in [6.45, 7) is 6.37. The Labute approximate surface area is 131 Å². The predicted octanol–water partition coefficient (Wildman–Crippen LogP) is 2.88. The highest BCUT2D eigenvalue weighted by molar-refractivity contribution is 6.07. The van der Waals surface area contributed by atoms with E-state index >= 15 is 0 Å². The molecule has 1 aliphatic rings. The third-order valence-corrected chi connectivity index (χ3v) is 3.79. The first-order valence-corrected chi connectivity index (χ1v) is 7.91. The van der Waals surface area contributed by atoms with E-state index in [0.29, 0.717) is 13.0 Å². The van der Waals surface area contributed by atoms with Crippen molar-refractivity contribution in [1.29, 1.82) is 0 Å². The van der Waals surface area contributed by atoms with Crippen LogP contribution in [0.25, 0.3) is 0 Å². The fourth-order valence-corrected chi connectivity index (χ4v) is 2.50. The molecule has 2 rings (SSSR count). The van der Waals surface area contributed by atoms with Crippen molar-refractivity contribution in [2.45, 2.75) is 46.1 Å². The number of ether oxygens (including phenoxy) is 1. The van der Waals surface area contributed by atoms with Crippen molar-refractivity contribution in [2.75, 3.05) is 23.4 Å². The first kappa shape index (κ1) is 16.3. The van der Waals surface area contributed by atoms with Crippen LogP contribution in [0.15, 0.2) is 18.2 Å². The molecule has 0 radical (unpaired) electrons. The summed E-state index contributed by atoms with van der Waals surface area (Å²) in [4.78, 5) is 26.0. The van der Waals surface area contributed by atoms with Gasteiger partial charge in [-0.1, -0.05) is 26.3 Å². The van der Waals surface area contributed by atoms with Gasteiger partial charge in [-0.3, -0.25) is 14.5 Å². The lowest BCUT2D eigenvalue weighted by molar-refractivity contribution is -0.143. The minimum Gasteiger partial charge on any atom is -0.464 e. The molecule has 1 unspecified atom stereocenters. The van der Waals surface area contributed by atoms with Crippen molar-refractivity contribution in [2.24, 2.45) is 0 Å². The Morgan fingerprint density at radius 2 is 2.14 bits per heavy atom. The van der Waals surface area contributed by atoms with Gasteiger partial charge in [-0.2, -0.15) is 0 Å². The summed E-state index contributed by atoms with van der Waals surface area (Å²) in [5, 5.41) is 3.25. The van der Waals surface area contributed by atoms with Crippen molar-refractivity contribution >= 4 is 23.3 Å². The lowest BCUT2D eigenvalue weighted by atomic mass is 10.1. The standard InChI is InChI=1S/C17H24N2O3/c1-4-6-9-22-16(20)11-19-15-8-7-12(3)10-14(15)18-13(5-2)17(19)21/h7-8,10,13,18H,4-6,9,11H2,1-3H3. The van der Waals surface area contributed by atoms with Crippen LogP contribution in [-0.4, -0.2) is 31.1 Å².